The molecule has 0 saturated carbocycles. The van der Waals surface area contributed by atoms with Gasteiger partial charge >= 0.3 is 0 Å². The van der Waals surface area contributed by atoms with Gasteiger partial charge in [0.15, 0.2) is 11.5 Å². The summed E-state index contributed by atoms with van der Waals surface area (Å²) in [6.45, 7) is 4.17. The van der Waals surface area contributed by atoms with Crippen molar-refractivity contribution in [2.24, 2.45) is 0 Å². The molecule has 0 N–H and O–H groups in total. The summed E-state index contributed by atoms with van der Waals surface area (Å²) in [5.41, 5.74) is 1.98. The second-order valence-electron chi connectivity index (χ2n) is 6.23. The predicted molar refractivity (Wildman–Crippen MR) is 105 cm³/mol. The Balaban J connectivity index is 1.66. The number of ether oxygens (including phenoxy) is 3. The lowest BCUT2D eigenvalue weighted by Gasteiger charge is -2.32. The molecule has 1 heterocycles. The second kappa shape index (κ2) is 9.24. The topological polar surface area (TPSA) is 48.0 Å². The SMILES string of the molecule is CCOc1cc(/C=C/C(=O)N2CCOC(c3ccccc3)C2)ccc1OC. The van der Waals surface area contributed by atoms with Crippen molar-refractivity contribution in [2.75, 3.05) is 33.4 Å². The minimum atomic E-state index is -0.0807. The summed E-state index contributed by atoms with van der Waals surface area (Å²) in [7, 11) is 1.61. The van der Waals surface area contributed by atoms with E-state index >= 15 is 0 Å². The van der Waals surface area contributed by atoms with Crippen LogP contribution in [0.3, 0.4) is 0 Å². The van der Waals surface area contributed by atoms with Gasteiger partial charge in [0.05, 0.1) is 26.9 Å². The van der Waals surface area contributed by atoms with Gasteiger partial charge in [-0.3, -0.25) is 4.79 Å². The van der Waals surface area contributed by atoms with E-state index < -0.39 is 0 Å². The molecule has 5 heteroatoms. The van der Waals surface area contributed by atoms with Crippen LogP contribution in [-0.2, 0) is 9.53 Å². The third kappa shape index (κ3) is 4.89. The Kier molecular flexibility index (Phi) is 6.49. The van der Waals surface area contributed by atoms with Gasteiger partial charge in [-0.1, -0.05) is 36.4 Å². The number of hydrogen-bond acceptors (Lipinski definition) is 4. The van der Waals surface area contributed by atoms with E-state index in [1.807, 2.05) is 60.4 Å². The van der Waals surface area contributed by atoms with Crippen molar-refractivity contribution in [2.45, 2.75) is 13.0 Å². The van der Waals surface area contributed by atoms with Gasteiger partial charge in [0, 0.05) is 12.6 Å². The Hall–Kier alpha value is -2.79. The van der Waals surface area contributed by atoms with Crippen LogP contribution in [0, 0.1) is 0 Å². The summed E-state index contributed by atoms with van der Waals surface area (Å²) in [6.07, 6.45) is 3.32. The zero-order valence-corrected chi connectivity index (χ0v) is 15.8. The first-order valence-corrected chi connectivity index (χ1v) is 9.15. The van der Waals surface area contributed by atoms with Crippen LogP contribution in [0.1, 0.15) is 24.2 Å². The van der Waals surface area contributed by atoms with Crippen molar-refractivity contribution in [1.82, 2.24) is 4.90 Å². The fraction of sp³-hybridized carbons (Fsp3) is 0.318. The fourth-order valence-corrected chi connectivity index (χ4v) is 3.06. The highest BCUT2D eigenvalue weighted by Crippen LogP contribution is 2.28. The lowest BCUT2D eigenvalue weighted by Crippen LogP contribution is -2.41. The molecule has 1 amide bonds. The Morgan fingerprint density at radius 1 is 1.22 bits per heavy atom. The van der Waals surface area contributed by atoms with E-state index in [1.165, 1.54) is 0 Å². The van der Waals surface area contributed by atoms with Crippen LogP contribution in [0.2, 0.25) is 0 Å². The maximum absolute atomic E-state index is 12.6. The molecule has 1 aliphatic rings. The molecule has 142 valence electrons. The largest absolute Gasteiger partial charge is 0.493 e. The van der Waals surface area contributed by atoms with Crippen LogP contribution in [0.25, 0.3) is 6.08 Å². The molecule has 0 radical (unpaired) electrons. The third-order valence-electron chi connectivity index (χ3n) is 4.46. The van der Waals surface area contributed by atoms with E-state index in [0.29, 0.717) is 37.8 Å². The Labute approximate surface area is 160 Å². The van der Waals surface area contributed by atoms with Gasteiger partial charge in [-0.05, 0) is 36.3 Å². The van der Waals surface area contributed by atoms with Crippen molar-refractivity contribution in [3.63, 3.8) is 0 Å². The van der Waals surface area contributed by atoms with Crippen molar-refractivity contribution in [1.29, 1.82) is 0 Å². The van der Waals surface area contributed by atoms with E-state index in [2.05, 4.69) is 0 Å². The van der Waals surface area contributed by atoms with Gasteiger partial charge in [0.1, 0.15) is 6.10 Å². The first-order chi connectivity index (χ1) is 13.2. The van der Waals surface area contributed by atoms with E-state index in [4.69, 9.17) is 14.2 Å². The molecule has 27 heavy (non-hydrogen) atoms. The minimum Gasteiger partial charge on any atom is -0.493 e. The van der Waals surface area contributed by atoms with Crippen LogP contribution in [0.4, 0.5) is 0 Å². The first kappa shape index (κ1) is 19.0. The molecule has 0 aliphatic carbocycles. The maximum Gasteiger partial charge on any atom is 0.246 e. The Morgan fingerprint density at radius 3 is 2.78 bits per heavy atom. The summed E-state index contributed by atoms with van der Waals surface area (Å²) in [5.74, 6) is 1.33. The molecule has 3 rings (SSSR count). The van der Waals surface area contributed by atoms with E-state index in [0.717, 1.165) is 11.1 Å². The number of amides is 1. The van der Waals surface area contributed by atoms with Crippen LogP contribution in [0.15, 0.2) is 54.6 Å². The molecule has 2 aromatic rings. The molecule has 2 aromatic carbocycles. The third-order valence-corrected chi connectivity index (χ3v) is 4.46. The molecule has 1 fully saturated rings. The Bertz CT molecular complexity index is 788. The number of benzene rings is 2. The van der Waals surface area contributed by atoms with Gasteiger partial charge in [-0.15, -0.1) is 0 Å². The van der Waals surface area contributed by atoms with E-state index in [1.54, 1.807) is 19.3 Å². The predicted octanol–water partition coefficient (Wildman–Crippen LogP) is 3.71. The highest BCUT2D eigenvalue weighted by molar-refractivity contribution is 5.92. The summed E-state index contributed by atoms with van der Waals surface area (Å²) in [4.78, 5) is 14.4. The summed E-state index contributed by atoms with van der Waals surface area (Å²) in [5, 5.41) is 0. The van der Waals surface area contributed by atoms with Crippen LogP contribution >= 0.6 is 0 Å². The van der Waals surface area contributed by atoms with Crippen molar-refractivity contribution in [3.8, 4) is 11.5 Å². The van der Waals surface area contributed by atoms with E-state index in [-0.39, 0.29) is 12.0 Å². The summed E-state index contributed by atoms with van der Waals surface area (Å²) >= 11 is 0. The first-order valence-electron chi connectivity index (χ1n) is 9.15. The van der Waals surface area contributed by atoms with Crippen LogP contribution in [-0.4, -0.2) is 44.2 Å². The lowest BCUT2D eigenvalue weighted by molar-refractivity contribution is -0.133. The number of nitrogens with zero attached hydrogens (tertiary/aromatic N) is 1. The normalized spacial score (nSPS) is 17.1. The van der Waals surface area contributed by atoms with Gasteiger partial charge in [0.2, 0.25) is 5.91 Å². The average Bonchev–Trinajstić information content (AvgIpc) is 2.73. The summed E-state index contributed by atoms with van der Waals surface area (Å²) in [6, 6.07) is 15.6. The Morgan fingerprint density at radius 2 is 2.04 bits per heavy atom. The molecular weight excluding hydrogens is 342 g/mol. The van der Waals surface area contributed by atoms with Gasteiger partial charge < -0.3 is 19.1 Å². The quantitative estimate of drug-likeness (QED) is 0.731. The monoisotopic (exact) mass is 367 g/mol. The second-order valence-corrected chi connectivity index (χ2v) is 6.23. The number of hydrogen-bond donors (Lipinski definition) is 0. The molecule has 0 spiro atoms. The average molecular weight is 367 g/mol. The molecule has 1 saturated heterocycles. The molecule has 1 aliphatic heterocycles. The highest BCUT2D eigenvalue weighted by Gasteiger charge is 2.24. The van der Waals surface area contributed by atoms with Crippen LogP contribution in [0.5, 0.6) is 11.5 Å². The van der Waals surface area contributed by atoms with Crippen molar-refractivity contribution < 1.29 is 19.0 Å². The van der Waals surface area contributed by atoms with Gasteiger partial charge in [0.25, 0.3) is 0 Å². The molecule has 0 bridgehead atoms. The van der Waals surface area contributed by atoms with Crippen molar-refractivity contribution in [3.05, 3.63) is 65.7 Å². The lowest BCUT2D eigenvalue weighted by atomic mass is 10.1. The zero-order chi connectivity index (χ0) is 19.1. The van der Waals surface area contributed by atoms with E-state index in [9.17, 15) is 4.79 Å². The molecule has 1 atom stereocenters. The fourth-order valence-electron chi connectivity index (χ4n) is 3.06. The maximum atomic E-state index is 12.6. The standard InChI is InChI=1S/C22H25NO4/c1-3-26-20-15-17(9-11-19(20)25-2)10-12-22(24)23-13-14-27-21(16-23)18-7-5-4-6-8-18/h4-12,15,21H,3,13-14,16H2,1-2H3/b12-10+. The number of methoxy groups -OCH3 is 1. The number of morpholine rings is 1. The summed E-state index contributed by atoms with van der Waals surface area (Å²) < 4.78 is 16.7. The van der Waals surface area contributed by atoms with Gasteiger partial charge in [-0.2, -0.15) is 0 Å². The molecular formula is C22H25NO4. The highest BCUT2D eigenvalue weighted by atomic mass is 16.5. The van der Waals surface area contributed by atoms with Gasteiger partial charge in [-0.25, -0.2) is 0 Å². The zero-order valence-electron chi connectivity index (χ0n) is 15.8. The molecule has 0 aromatic heterocycles. The number of carbonyl (C=O) groups is 1. The molecule has 1 unspecified atom stereocenters. The van der Waals surface area contributed by atoms with Crippen LogP contribution < -0.4 is 9.47 Å². The smallest absolute Gasteiger partial charge is 0.246 e. The number of rotatable bonds is 6. The minimum absolute atomic E-state index is 0.0204. The molecule has 5 nitrogen and oxygen atoms in total. The number of carbonyl (C=O) groups excluding carboxylic acids is 1. The van der Waals surface area contributed by atoms with Crippen molar-refractivity contribution >= 4 is 12.0 Å².